The predicted molar refractivity (Wildman–Crippen MR) is 73.7 cm³/mol. The van der Waals surface area contributed by atoms with Crippen molar-refractivity contribution in [3.63, 3.8) is 0 Å². The average Bonchev–Trinajstić information content (AvgIpc) is 2.32. The molecule has 0 amide bonds. The largest absolute Gasteiger partial charge is 0.392 e. The lowest BCUT2D eigenvalue weighted by Crippen LogP contribution is -2.63. The van der Waals surface area contributed by atoms with Gasteiger partial charge in [0.25, 0.3) is 0 Å². The van der Waals surface area contributed by atoms with E-state index in [2.05, 4.69) is 26.0 Å². The first-order valence-electron chi connectivity index (χ1n) is 7.52. The van der Waals surface area contributed by atoms with Crippen LogP contribution in [0.1, 0.15) is 46.5 Å². The maximum Gasteiger partial charge on any atom is 0.0915 e. The second-order valence-corrected chi connectivity index (χ2v) is 7.41. The molecule has 2 N–H and O–H groups in total. The first kappa shape index (κ1) is 13.6. The van der Waals surface area contributed by atoms with Gasteiger partial charge in [-0.3, -0.25) is 0 Å². The van der Waals surface area contributed by atoms with Gasteiger partial charge in [-0.25, -0.2) is 0 Å². The van der Waals surface area contributed by atoms with E-state index in [4.69, 9.17) is 4.74 Å². The Kier molecular flexibility index (Phi) is 2.91. The second-order valence-electron chi connectivity index (χ2n) is 7.41. The molecule has 3 heteroatoms. The van der Waals surface area contributed by atoms with E-state index < -0.39 is 5.60 Å². The van der Waals surface area contributed by atoms with Crippen LogP contribution in [-0.2, 0) is 4.74 Å². The molecule has 6 unspecified atom stereocenters. The minimum Gasteiger partial charge on any atom is -0.392 e. The normalized spacial score (nSPS) is 57.4. The van der Waals surface area contributed by atoms with Crippen LogP contribution >= 0.6 is 0 Å². The van der Waals surface area contributed by atoms with Gasteiger partial charge in [0.2, 0.25) is 0 Å². The lowest BCUT2D eigenvalue weighted by atomic mass is 9.50. The van der Waals surface area contributed by atoms with Crippen molar-refractivity contribution in [3.05, 3.63) is 12.2 Å². The maximum atomic E-state index is 10.6. The van der Waals surface area contributed by atoms with Gasteiger partial charge in [0.05, 0.1) is 23.9 Å². The molecule has 19 heavy (non-hydrogen) atoms. The third-order valence-corrected chi connectivity index (χ3v) is 6.17. The highest BCUT2D eigenvalue weighted by Gasteiger charge is 2.60. The molecule has 3 aliphatic rings. The minimum atomic E-state index is -0.559. The van der Waals surface area contributed by atoms with Gasteiger partial charge in [-0.05, 0) is 51.4 Å². The van der Waals surface area contributed by atoms with Gasteiger partial charge < -0.3 is 14.9 Å². The number of ether oxygens (including phenoxy) is 1. The van der Waals surface area contributed by atoms with Gasteiger partial charge in [-0.1, -0.05) is 19.1 Å². The molecule has 108 valence electrons. The highest BCUT2D eigenvalue weighted by molar-refractivity contribution is 5.23. The molecule has 1 heterocycles. The van der Waals surface area contributed by atoms with E-state index in [1.54, 1.807) is 0 Å². The lowest BCUT2D eigenvalue weighted by molar-refractivity contribution is -0.224. The van der Waals surface area contributed by atoms with Crippen molar-refractivity contribution in [2.45, 2.75) is 63.8 Å². The summed E-state index contributed by atoms with van der Waals surface area (Å²) in [5, 5.41) is 20.9. The van der Waals surface area contributed by atoms with Crippen molar-refractivity contribution < 1.29 is 14.9 Å². The molecule has 2 fully saturated rings. The van der Waals surface area contributed by atoms with Crippen molar-refractivity contribution in [1.29, 1.82) is 0 Å². The number of aliphatic hydroxyl groups excluding tert-OH is 1. The summed E-state index contributed by atoms with van der Waals surface area (Å²) in [5.74, 6) is 0.760. The zero-order valence-corrected chi connectivity index (χ0v) is 12.2. The van der Waals surface area contributed by atoms with Crippen LogP contribution in [0.3, 0.4) is 0 Å². The Morgan fingerprint density at radius 2 is 1.95 bits per heavy atom. The van der Waals surface area contributed by atoms with E-state index in [9.17, 15) is 10.2 Å². The van der Waals surface area contributed by atoms with Gasteiger partial charge in [-0.2, -0.15) is 0 Å². The molecular weight excluding hydrogens is 240 g/mol. The highest BCUT2D eigenvalue weighted by Crippen LogP contribution is 2.58. The third-order valence-electron chi connectivity index (χ3n) is 6.17. The van der Waals surface area contributed by atoms with Gasteiger partial charge >= 0.3 is 0 Å². The number of hydrogen-bond acceptors (Lipinski definition) is 3. The second kappa shape index (κ2) is 4.06. The first-order chi connectivity index (χ1) is 8.79. The molecule has 6 atom stereocenters. The van der Waals surface area contributed by atoms with Gasteiger partial charge in [0.1, 0.15) is 0 Å². The Labute approximate surface area is 115 Å². The summed E-state index contributed by atoms with van der Waals surface area (Å²) in [7, 11) is 0. The van der Waals surface area contributed by atoms with E-state index in [1.807, 2.05) is 6.92 Å². The van der Waals surface area contributed by atoms with Crippen LogP contribution < -0.4 is 0 Å². The molecule has 0 aromatic rings. The van der Waals surface area contributed by atoms with E-state index in [0.717, 1.165) is 25.7 Å². The molecule has 0 radical (unpaired) electrons. The number of rotatable bonds is 0. The molecule has 0 aromatic carbocycles. The van der Waals surface area contributed by atoms with Crippen LogP contribution in [-0.4, -0.2) is 34.1 Å². The summed E-state index contributed by atoms with van der Waals surface area (Å²) in [5.41, 5.74) is -1.16. The van der Waals surface area contributed by atoms with Gasteiger partial charge in [0.15, 0.2) is 0 Å². The SMILES string of the molecule is CC1(O)CCC2C(C=CC3(C)OCCC(O)C23C)C1. The van der Waals surface area contributed by atoms with Crippen molar-refractivity contribution in [2.24, 2.45) is 17.3 Å². The quantitative estimate of drug-likeness (QED) is 0.661. The van der Waals surface area contributed by atoms with Gasteiger partial charge in [-0.15, -0.1) is 0 Å². The van der Waals surface area contributed by atoms with Crippen molar-refractivity contribution in [2.75, 3.05) is 6.61 Å². The molecule has 0 aromatic heterocycles. The van der Waals surface area contributed by atoms with Crippen molar-refractivity contribution >= 4 is 0 Å². The fourth-order valence-corrected chi connectivity index (χ4v) is 4.70. The molecule has 1 saturated carbocycles. The molecule has 3 nitrogen and oxygen atoms in total. The minimum absolute atomic E-state index is 0.235. The predicted octanol–water partition coefficient (Wildman–Crippen LogP) is 2.27. The molecule has 1 saturated heterocycles. The van der Waals surface area contributed by atoms with Crippen LogP contribution in [0.4, 0.5) is 0 Å². The van der Waals surface area contributed by atoms with E-state index >= 15 is 0 Å². The first-order valence-corrected chi connectivity index (χ1v) is 7.52. The third kappa shape index (κ3) is 1.82. The molecule has 0 spiro atoms. The van der Waals surface area contributed by atoms with Crippen LogP contribution in [0.5, 0.6) is 0 Å². The Morgan fingerprint density at radius 3 is 2.68 bits per heavy atom. The summed E-state index contributed by atoms with van der Waals surface area (Å²) >= 11 is 0. The fraction of sp³-hybridized carbons (Fsp3) is 0.875. The van der Waals surface area contributed by atoms with Crippen LogP contribution in [0.25, 0.3) is 0 Å². The Hall–Kier alpha value is -0.380. The Bertz CT molecular complexity index is 403. The summed E-state index contributed by atoms with van der Waals surface area (Å²) in [6.07, 6.45) is 7.35. The number of allylic oxidation sites excluding steroid dienone is 1. The number of aliphatic hydroxyl groups is 2. The zero-order chi connectivity index (χ0) is 13.9. The maximum absolute atomic E-state index is 10.6. The molecule has 3 rings (SSSR count). The standard InChI is InChI=1S/C16H26O3/c1-14(18)7-5-12-11(10-14)4-8-15(2)16(12,3)13(17)6-9-19-15/h4,8,11-13,17-18H,5-7,9-10H2,1-3H3. The molecule has 2 aliphatic carbocycles. The fourth-order valence-electron chi connectivity index (χ4n) is 4.70. The summed E-state index contributed by atoms with van der Waals surface area (Å²) < 4.78 is 6.03. The molecule has 0 bridgehead atoms. The lowest BCUT2D eigenvalue weighted by Gasteiger charge is -2.60. The highest BCUT2D eigenvalue weighted by atomic mass is 16.5. The Morgan fingerprint density at radius 1 is 1.21 bits per heavy atom. The Balaban J connectivity index is 2.00. The molecular formula is C16H26O3. The van der Waals surface area contributed by atoms with Gasteiger partial charge in [0, 0.05) is 5.41 Å². The van der Waals surface area contributed by atoms with Crippen molar-refractivity contribution in [1.82, 2.24) is 0 Å². The monoisotopic (exact) mass is 266 g/mol. The molecule has 1 aliphatic heterocycles. The summed E-state index contributed by atoms with van der Waals surface area (Å²) in [6.45, 7) is 6.85. The zero-order valence-electron chi connectivity index (χ0n) is 12.2. The van der Waals surface area contributed by atoms with E-state index in [0.29, 0.717) is 18.4 Å². The number of hydrogen-bond donors (Lipinski definition) is 2. The summed E-state index contributed by atoms with van der Waals surface area (Å²) in [4.78, 5) is 0. The summed E-state index contributed by atoms with van der Waals surface area (Å²) in [6, 6.07) is 0. The van der Waals surface area contributed by atoms with E-state index in [1.165, 1.54) is 0 Å². The smallest absolute Gasteiger partial charge is 0.0915 e. The van der Waals surface area contributed by atoms with Crippen LogP contribution in [0.15, 0.2) is 12.2 Å². The average molecular weight is 266 g/mol. The van der Waals surface area contributed by atoms with Crippen LogP contribution in [0.2, 0.25) is 0 Å². The number of fused-ring (bicyclic) bond motifs is 3. The van der Waals surface area contributed by atoms with Crippen molar-refractivity contribution in [3.8, 4) is 0 Å². The topological polar surface area (TPSA) is 49.7 Å². The van der Waals surface area contributed by atoms with Crippen LogP contribution in [0, 0.1) is 17.3 Å². The van der Waals surface area contributed by atoms with E-state index in [-0.39, 0.29) is 17.1 Å².